The second-order valence-electron chi connectivity index (χ2n) is 5.32. The highest BCUT2D eigenvalue weighted by Gasteiger charge is 2.40. The fourth-order valence-corrected chi connectivity index (χ4v) is 2.51. The van der Waals surface area contributed by atoms with Crippen LogP contribution in [0.2, 0.25) is 0 Å². The third-order valence-electron chi connectivity index (χ3n) is 3.90. The zero-order chi connectivity index (χ0) is 18.6. The van der Waals surface area contributed by atoms with Crippen molar-refractivity contribution in [1.82, 2.24) is 9.88 Å². The van der Waals surface area contributed by atoms with Crippen LogP contribution in [0.3, 0.4) is 0 Å². The van der Waals surface area contributed by atoms with Gasteiger partial charge in [0.25, 0.3) is 0 Å². The molecule has 0 spiro atoms. The maximum atomic E-state index is 12.3. The van der Waals surface area contributed by atoms with Crippen LogP contribution in [0.15, 0.2) is 37.1 Å². The highest BCUT2D eigenvalue weighted by molar-refractivity contribution is 5.90. The second-order valence-corrected chi connectivity index (χ2v) is 5.32. The summed E-state index contributed by atoms with van der Waals surface area (Å²) in [7, 11) is 3.89. The zero-order valence-corrected chi connectivity index (χ0v) is 14.2. The van der Waals surface area contributed by atoms with Gasteiger partial charge < -0.3 is 29.2 Å². The molecule has 0 fully saturated rings. The van der Waals surface area contributed by atoms with Gasteiger partial charge in [-0.15, -0.1) is 6.58 Å². The second kappa shape index (κ2) is 7.16. The number of nitrogens with zero attached hydrogens (tertiary/aromatic N) is 1. The van der Waals surface area contributed by atoms with E-state index in [0.29, 0.717) is 11.1 Å². The fourth-order valence-electron chi connectivity index (χ4n) is 2.51. The van der Waals surface area contributed by atoms with Crippen molar-refractivity contribution < 1.29 is 28.9 Å². The molecule has 0 saturated carbocycles. The van der Waals surface area contributed by atoms with E-state index in [4.69, 9.17) is 9.47 Å². The molecule has 1 atom stereocenters. The molecule has 0 aliphatic rings. The molecular formula is C17H20N2O6. The zero-order valence-electron chi connectivity index (χ0n) is 14.2. The Morgan fingerprint density at radius 1 is 1.32 bits per heavy atom. The number of benzene rings is 1. The van der Waals surface area contributed by atoms with Crippen molar-refractivity contribution in [3.05, 3.63) is 37.1 Å². The lowest BCUT2D eigenvalue weighted by atomic mass is 10.00. The van der Waals surface area contributed by atoms with E-state index in [1.807, 2.05) is 0 Å². The molecule has 0 saturated heterocycles. The number of nitrogens with one attached hydrogen (secondary N) is 1. The lowest BCUT2D eigenvalue weighted by Crippen LogP contribution is -2.56. The number of amides is 1. The summed E-state index contributed by atoms with van der Waals surface area (Å²) < 4.78 is 15.9. The highest BCUT2D eigenvalue weighted by atomic mass is 16.5. The van der Waals surface area contributed by atoms with Gasteiger partial charge in [-0.3, -0.25) is 0 Å². The number of aromatic hydroxyl groups is 1. The van der Waals surface area contributed by atoms with Crippen LogP contribution in [-0.2, 0) is 20.8 Å². The Labute approximate surface area is 144 Å². The van der Waals surface area contributed by atoms with Crippen molar-refractivity contribution in [1.29, 1.82) is 0 Å². The van der Waals surface area contributed by atoms with Gasteiger partial charge in [0.1, 0.15) is 5.75 Å². The average molecular weight is 348 g/mol. The number of methoxy groups -OCH3 is 3. The Morgan fingerprint density at radius 2 is 2.04 bits per heavy atom. The van der Waals surface area contributed by atoms with E-state index in [-0.39, 0.29) is 12.4 Å². The van der Waals surface area contributed by atoms with E-state index < -0.39 is 17.6 Å². The number of hydrogen-bond acceptors (Lipinski definition) is 6. The first kappa shape index (κ1) is 18.2. The molecule has 0 bridgehead atoms. The predicted octanol–water partition coefficient (Wildman–Crippen LogP) is 1.81. The van der Waals surface area contributed by atoms with Crippen LogP contribution in [0.1, 0.15) is 0 Å². The summed E-state index contributed by atoms with van der Waals surface area (Å²) in [5.74, 6) is -0.255. The highest BCUT2D eigenvalue weighted by Crippen LogP contribution is 2.31. The first-order chi connectivity index (χ1) is 11.9. The standard InChI is InChI=1S/C17H20N2O6/c1-5-17(15(21)24-3,18-16(22)25-4)10-19-9-11-6-7-12(23-2)8-13(11)14(19)20/h5-9,20H,1,10H2,2-4H3,(H,18,22)/t17-/m1/s1. The van der Waals surface area contributed by atoms with Crippen molar-refractivity contribution >= 4 is 22.8 Å². The third-order valence-corrected chi connectivity index (χ3v) is 3.90. The number of rotatable bonds is 6. The molecule has 1 aromatic heterocycles. The summed E-state index contributed by atoms with van der Waals surface area (Å²) in [6.45, 7) is 3.47. The number of esters is 1. The molecule has 0 aliphatic heterocycles. The quantitative estimate of drug-likeness (QED) is 0.610. The van der Waals surface area contributed by atoms with Gasteiger partial charge in [0.15, 0.2) is 11.4 Å². The maximum absolute atomic E-state index is 12.3. The van der Waals surface area contributed by atoms with Crippen LogP contribution in [0, 0.1) is 0 Å². The molecule has 1 heterocycles. The first-order valence-electron chi connectivity index (χ1n) is 7.34. The third kappa shape index (κ3) is 3.37. The largest absolute Gasteiger partial charge is 0.497 e. The van der Waals surface area contributed by atoms with Crippen molar-refractivity contribution in [2.75, 3.05) is 21.3 Å². The van der Waals surface area contributed by atoms with Gasteiger partial charge in [-0.25, -0.2) is 9.59 Å². The van der Waals surface area contributed by atoms with Gasteiger partial charge in [-0.05, 0) is 18.2 Å². The molecule has 25 heavy (non-hydrogen) atoms. The van der Waals surface area contributed by atoms with Gasteiger partial charge in [-0.1, -0.05) is 6.08 Å². The topological polar surface area (TPSA) is 99.0 Å². The Bertz CT molecular complexity index is 813. The average Bonchev–Trinajstić information content (AvgIpc) is 2.94. The first-order valence-corrected chi connectivity index (χ1v) is 7.34. The fraction of sp³-hybridized carbons (Fsp3) is 0.294. The molecule has 1 aromatic carbocycles. The Hall–Kier alpha value is -3.16. The Balaban J connectivity index is 2.49. The summed E-state index contributed by atoms with van der Waals surface area (Å²) >= 11 is 0. The summed E-state index contributed by atoms with van der Waals surface area (Å²) in [5, 5.41) is 14.2. The Kier molecular flexibility index (Phi) is 5.21. The summed E-state index contributed by atoms with van der Waals surface area (Å²) in [5.41, 5.74) is -1.61. The molecule has 1 amide bonds. The van der Waals surface area contributed by atoms with Crippen molar-refractivity contribution in [3.63, 3.8) is 0 Å². The molecule has 2 aromatic rings. The summed E-state index contributed by atoms with van der Waals surface area (Å²) in [6.07, 6.45) is 2.05. The van der Waals surface area contributed by atoms with E-state index in [1.165, 1.54) is 32.0 Å². The van der Waals surface area contributed by atoms with E-state index in [1.54, 1.807) is 24.4 Å². The van der Waals surface area contributed by atoms with Crippen molar-refractivity contribution in [2.24, 2.45) is 0 Å². The minimum atomic E-state index is -1.61. The molecule has 8 nitrogen and oxygen atoms in total. The number of fused-ring (bicyclic) bond motifs is 1. The number of carbonyl (C=O) groups is 2. The van der Waals surface area contributed by atoms with Crippen LogP contribution < -0.4 is 10.1 Å². The molecule has 0 unspecified atom stereocenters. The summed E-state index contributed by atoms with van der Waals surface area (Å²) in [4.78, 5) is 23.9. The monoisotopic (exact) mass is 348 g/mol. The maximum Gasteiger partial charge on any atom is 0.408 e. The lowest BCUT2D eigenvalue weighted by Gasteiger charge is -2.28. The van der Waals surface area contributed by atoms with Crippen LogP contribution in [-0.4, -0.2) is 48.6 Å². The van der Waals surface area contributed by atoms with Gasteiger partial charge in [0, 0.05) is 17.0 Å². The van der Waals surface area contributed by atoms with Gasteiger partial charge in [-0.2, -0.15) is 0 Å². The number of carbonyl (C=O) groups excluding carboxylic acids is 2. The minimum absolute atomic E-state index is 0.0873. The molecule has 2 N–H and O–H groups in total. The Morgan fingerprint density at radius 3 is 2.60 bits per heavy atom. The lowest BCUT2D eigenvalue weighted by molar-refractivity contribution is -0.146. The van der Waals surface area contributed by atoms with Crippen molar-refractivity contribution in [2.45, 2.75) is 12.1 Å². The van der Waals surface area contributed by atoms with Crippen LogP contribution in [0.5, 0.6) is 11.6 Å². The van der Waals surface area contributed by atoms with Crippen LogP contribution in [0.4, 0.5) is 4.79 Å². The van der Waals surface area contributed by atoms with E-state index >= 15 is 0 Å². The van der Waals surface area contributed by atoms with Crippen LogP contribution >= 0.6 is 0 Å². The van der Waals surface area contributed by atoms with Gasteiger partial charge in [0.05, 0.1) is 27.9 Å². The van der Waals surface area contributed by atoms with E-state index in [2.05, 4.69) is 16.6 Å². The van der Waals surface area contributed by atoms with Crippen molar-refractivity contribution in [3.8, 4) is 11.6 Å². The number of alkyl carbamates (subject to hydrolysis) is 1. The smallest absolute Gasteiger partial charge is 0.408 e. The molecule has 0 radical (unpaired) electrons. The van der Waals surface area contributed by atoms with Gasteiger partial charge in [0.2, 0.25) is 0 Å². The minimum Gasteiger partial charge on any atom is -0.497 e. The summed E-state index contributed by atoms with van der Waals surface area (Å²) in [6, 6.07) is 5.19. The molecule has 8 heteroatoms. The molecule has 134 valence electrons. The number of aromatic nitrogens is 1. The predicted molar refractivity (Wildman–Crippen MR) is 90.6 cm³/mol. The molecule has 0 aliphatic carbocycles. The van der Waals surface area contributed by atoms with Gasteiger partial charge >= 0.3 is 12.1 Å². The van der Waals surface area contributed by atoms with E-state index in [0.717, 1.165) is 5.39 Å². The van der Waals surface area contributed by atoms with Crippen LogP contribution in [0.25, 0.3) is 10.8 Å². The SMILES string of the molecule is C=C[C@](Cn1cc2ccc(OC)cc2c1O)(NC(=O)OC)C(=O)OC. The molecule has 2 rings (SSSR count). The number of ether oxygens (including phenoxy) is 3. The van der Waals surface area contributed by atoms with E-state index in [9.17, 15) is 14.7 Å². The molecular weight excluding hydrogens is 328 g/mol. The number of hydrogen-bond donors (Lipinski definition) is 2. The normalized spacial score (nSPS) is 12.9.